The fraction of sp³-hybridized carbons (Fsp3) is 0.647. The second-order valence-electron chi connectivity index (χ2n) is 6.87. The van der Waals surface area contributed by atoms with Crippen LogP contribution < -0.4 is 0 Å². The molecule has 1 spiro atoms. The summed E-state index contributed by atoms with van der Waals surface area (Å²) in [6.45, 7) is 4.03. The maximum atomic E-state index is 11.5. The van der Waals surface area contributed by atoms with Crippen molar-refractivity contribution in [3.63, 3.8) is 0 Å². The van der Waals surface area contributed by atoms with Gasteiger partial charge in [-0.1, -0.05) is 26.7 Å². The topological polar surface area (TPSA) is 50.2 Å². The van der Waals surface area contributed by atoms with Crippen LogP contribution in [0.1, 0.15) is 79.2 Å². The van der Waals surface area contributed by atoms with Gasteiger partial charge in [-0.25, -0.2) is 4.79 Å². The Hall–Kier alpha value is -1.38. The van der Waals surface area contributed by atoms with Gasteiger partial charge in [0.25, 0.3) is 0 Å². The molecule has 1 N–H and O–H groups in total. The van der Waals surface area contributed by atoms with E-state index >= 15 is 0 Å². The van der Waals surface area contributed by atoms with E-state index in [0.717, 1.165) is 24.2 Å². The Kier molecular flexibility index (Phi) is 3.31. The molecule has 0 saturated heterocycles. The number of aromatic carboxylic acids is 1. The van der Waals surface area contributed by atoms with Gasteiger partial charge in [0, 0.05) is 5.69 Å². The quantitative estimate of drug-likeness (QED) is 0.887. The van der Waals surface area contributed by atoms with Crippen molar-refractivity contribution in [1.29, 1.82) is 0 Å². The van der Waals surface area contributed by atoms with Gasteiger partial charge in [0.05, 0.1) is 11.3 Å². The van der Waals surface area contributed by atoms with Crippen molar-refractivity contribution in [2.45, 2.75) is 64.7 Å². The minimum Gasteiger partial charge on any atom is -0.478 e. The van der Waals surface area contributed by atoms with Crippen molar-refractivity contribution >= 4 is 5.97 Å². The van der Waals surface area contributed by atoms with Crippen molar-refractivity contribution < 1.29 is 9.90 Å². The molecule has 108 valence electrons. The molecule has 0 bridgehead atoms. The van der Waals surface area contributed by atoms with E-state index in [2.05, 4.69) is 0 Å². The predicted octanol–water partition coefficient (Wildman–Crippen LogP) is 3.95. The highest BCUT2D eigenvalue weighted by Gasteiger charge is 2.38. The Balaban J connectivity index is 2.02. The summed E-state index contributed by atoms with van der Waals surface area (Å²) in [7, 11) is 0. The minimum absolute atomic E-state index is 0.161. The molecule has 2 aliphatic rings. The van der Waals surface area contributed by atoms with E-state index in [4.69, 9.17) is 4.98 Å². The molecule has 3 nitrogen and oxygen atoms in total. The number of aryl methyl sites for hydroxylation is 1. The summed E-state index contributed by atoms with van der Waals surface area (Å²) in [6.07, 6.45) is 8.57. The molecule has 1 aromatic rings. The van der Waals surface area contributed by atoms with Gasteiger partial charge in [-0.3, -0.25) is 4.98 Å². The number of carboxylic acid groups (broad SMARTS) is 1. The Morgan fingerprint density at radius 3 is 2.60 bits per heavy atom. The first-order chi connectivity index (χ1) is 9.51. The molecule has 0 amide bonds. The van der Waals surface area contributed by atoms with Crippen molar-refractivity contribution in [1.82, 2.24) is 4.98 Å². The van der Waals surface area contributed by atoms with Crippen molar-refractivity contribution in [2.75, 3.05) is 0 Å². The Morgan fingerprint density at radius 2 is 2.00 bits per heavy atom. The number of carboxylic acids is 1. The molecule has 1 heterocycles. The van der Waals surface area contributed by atoms with Crippen LogP contribution in [0.25, 0.3) is 0 Å². The summed E-state index contributed by atoms with van der Waals surface area (Å²) in [5, 5.41) is 9.43. The first-order valence-corrected chi connectivity index (χ1v) is 7.77. The summed E-state index contributed by atoms with van der Waals surface area (Å²) in [5.74, 6) is -0.677. The van der Waals surface area contributed by atoms with E-state index in [-0.39, 0.29) is 5.92 Å². The number of hydrogen-bond donors (Lipinski definition) is 1. The SMILES string of the molecule is CC(C)c1nc2c(cc1C(=O)O)CC1(CCCC1)CC2. The van der Waals surface area contributed by atoms with Gasteiger partial charge in [-0.2, -0.15) is 0 Å². The monoisotopic (exact) mass is 273 g/mol. The number of fused-ring (bicyclic) bond motifs is 1. The van der Waals surface area contributed by atoms with Gasteiger partial charge in [0.1, 0.15) is 0 Å². The zero-order chi connectivity index (χ0) is 14.3. The summed E-state index contributed by atoms with van der Waals surface area (Å²) in [5.41, 5.74) is 3.95. The second kappa shape index (κ2) is 4.87. The Labute approximate surface area is 120 Å². The third-order valence-electron chi connectivity index (χ3n) is 5.12. The number of carbonyl (C=O) groups is 1. The standard InChI is InChI=1S/C17H23NO2/c1-11(2)15-13(16(19)20)9-12-10-17(6-3-4-7-17)8-5-14(12)18-15/h9,11H,3-8,10H2,1-2H3,(H,19,20). The molecular formula is C17H23NO2. The lowest BCUT2D eigenvalue weighted by atomic mass is 9.71. The molecule has 0 radical (unpaired) electrons. The van der Waals surface area contributed by atoms with Gasteiger partial charge in [0.2, 0.25) is 0 Å². The van der Waals surface area contributed by atoms with Crippen LogP contribution in [-0.2, 0) is 12.8 Å². The largest absolute Gasteiger partial charge is 0.478 e. The maximum Gasteiger partial charge on any atom is 0.337 e. The molecule has 3 rings (SSSR count). The van der Waals surface area contributed by atoms with E-state index in [1.165, 1.54) is 37.7 Å². The zero-order valence-corrected chi connectivity index (χ0v) is 12.4. The van der Waals surface area contributed by atoms with Crippen LogP contribution in [0, 0.1) is 5.41 Å². The number of pyridine rings is 1. The van der Waals surface area contributed by atoms with Crippen LogP contribution in [0.2, 0.25) is 0 Å². The highest BCUT2D eigenvalue weighted by atomic mass is 16.4. The highest BCUT2D eigenvalue weighted by molar-refractivity contribution is 5.89. The van der Waals surface area contributed by atoms with E-state index in [1.807, 2.05) is 19.9 Å². The van der Waals surface area contributed by atoms with E-state index in [0.29, 0.717) is 11.0 Å². The molecule has 20 heavy (non-hydrogen) atoms. The normalized spacial score (nSPS) is 20.4. The third-order valence-corrected chi connectivity index (χ3v) is 5.12. The van der Waals surface area contributed by atoms with Crippen LogP contribution in [0.15, 0.2) is 6.07 Å². The summed E-state index contributed by atoms with van der Waals surface area (Å²) in [6, 6.07) is 1.92. The molecule has 2 aliphatic carbocycles. The molecule has 0 aromatic carbocycles. The Bertz CT molecular complexity index is 542. The number of nitrogens with zero attached hydrogens (tertiary/aromatic N) is 1. The van der Waals surface area contributed by atoms with Gasteiger partial charge in [-0.05, 0) is 55.1 Å². The van der Waals surface area contributed by atoms with Crippen LogP contribution in [0.4, 0.5) is 0 Å². The summed E-state index contributed by atoms with van der Waals surface area (Å²) >= 11 is 0. The van der Waals surface area contributed by atoms with Gasteiger partial charge < -0.3 is 5.11 Å². The molecule has 0 unspecified atom stereocenters. The van der Waals surface area contributed by atoms with Gasteiger partial charge in [0.15, 0.2) is 0 Å². The zero-order valence-electron chi connectivity index (χ0n) is 12.4. The van der Waals surface area contributed by atoms with Crippen LogP contribution in [-0.4, -0.2) is 16.1 Å². The average molecular weight is 273 g/mol. The van der Waals surface area contributed by atoms with Crippen LogP contribution >= 0.6 is 0 Å². The number of rotatable bonds is 2. The van der Waals surface area contributed by atoms with E-state index in [1.54, 1.807) is 0 Å². The smallest absolute Gasteiger partial charge is 0.337 e. The number of aromatic nitrogens is 1. The van der Waals surface area contributed by atoms with E-state index < -0.39 is 5.97 Å². The minimum atomic E-state index is -0.838. The predicted molar refractivity (Wildman–Crippen MR) is 78.2 cm³/mol. The molecule has 1 aromatic heterocycles. The lowest BCUT2D eigenvalue weighted by Crippen LogP contribution is -2.27. The third kappa shape index (κ3) is 2.23. The first kappa shape index (κ1) is 13.6. The molecular weight excluding hydrogens is 250 g/mol. The van der Waals surface area contributed by atoms with Crippen LogP contribution in [0.3, 0.4) is 0 Å². The second-order valence-corrected chi connectivity index (χ2v) is 6.87. The molecule has 3 heteroatoms. The molecule has 0 atom stereocenters. The average Bonchev–Trinajstić information content (AvgIpc) is 2.85. The fourth-order valence-electron chi connectivity index (χ4n) is 4.02. The van der Waals surface area contributed by atoms with Crippen molar-refractivity contribution in [2.24, 2.45) is 5.41 Å². The van der Waals surface area contributed by atoms with E-state index in [9.17, 15) is 9.90 Å². The highest BCUT2D eigenvalue weighted by Crippen LogP contribution is 2.47. The Morgan fingerprint density at radius 1 is 1.30 bits per heavy atom. The number of hydrogen-bond acceptors (Lipinski definition) is 2. The lowest BCUT2D eigenvalue weighted by Gasteiger charge is -2.34. The first-order valence-electron chi connectivity index (χ1n) is 7.77. The van der Waals surface area contributed by atoms with Crippen molar-refractivity contribution in [3.8, 4) is 0 Å². The molecule has 1 saturated carbocycles. The summed E-state index contributed by atoms with van der Waals surface area (Å²) in [4.78, 5) is 16.2. The summed E-state index contributed by atoms with van der Waals surface area (Å²) < 4.78 is 0. The lowest BCUT2D eigenvalue weighted by molar-refractivity contribution is 0.0694. The maximum absolute atomic E-state index is 11.5. The fourth-order valence-corrected chi connectivity index (χ4v) is 4.02. The van der Waals surface area contributed by atoms with Crippen molar-refractivity contribution in [3.05, 3.63) is 28.6 Å². The van der Waals surface area contributed by atoms with Crippen LogP contribution in [0.5, 0.6) is 0 Å². The van der Waals surface area contributed by atoms with Gasteiger partial charge in [-0.15, -0.1) is 0 Å². The van der Waals surface area contributed by atoms with Gasteiger partial charge >= 0.3 is 5.97 Å². The molecule has 1 fully saturated rings. The molecule has 0 aliphatic heterocycles.